The lowest BCUT2D eigenvalue weighted by Gasteiger charge is -2.29. The Morgan fingerprint density at radius 1 is 1.35 bits per heavy atom. The molecule has 3 nitrogen and oxygen atoms in total. The summed E-state index contributed by atoms with van der Waals surface area (Å²) in [4.78, 5) is 14.9. The highest BCUT2D eigenvalue weighted by Crippen LogP contribution is 2.32. The zero-order chi connectivity index (χ0) is 14.5. The van der Waals surface area contributed by atoms with E-state index >= 15 is 0 Å². The number of rotatable bonds is 6. The molecule has 0 bridgehead atoms. The summed E-state index contributed by atoms with van der Waals surface area (Å²) >= 11 is 0. The standard InChI is InChI=1S/C17H26N2O/c1-4-5-8-11-19(13(2)3)17(20)15-12-18-16-10-7-6-9-14(15)16/h6-7,9-10,13,15,18H,4-5,8,11-12H2,1-3H3. The summed E-state index contributed by atoms with van der Waals surface area (Å²) in [5.74, 6) is 0.253. The van der Waals surface area contributed by atoms with Gasteiger partial charge in [0.25, 0.3) is 0 Å². The molecule has 1 aliphatic heterocycles. The molecule has 1 unspecified atom stereocenters. The molecule has 0 saturated heterocycles. The van der Waals surface area contributed by atoms with E-state index in [1.165, 1.54) is 12.8 Å². The maximum Gasteiger partial charge on any atom is 0.232 e. The first-order valence-corrected chi connectivity index (χ1v) is 7.78. The lowest BCUT2D eigenvalue weighted by atomic mass is 9.99. The first-order valence-electron chi connectivity index (χ1n) is 7.78. The lowest BCUT2D eigenvalue weighted by Crippen LogP contribution is -2.41. The van der Waals surface area contributed by atoms with Crippen molar-refractivity contribution < 1.29 is 4.79 Å². The van der Waals surface area contributed by atoms with Crippen LogP contribution in [0.5, 0.6) is 0 Å². The maximum absolute atomic E-state index is 12.8. The van der Waals surface area contributed by atoms with E-state index in [1.807, 2.05) is 17.0 Å². The van der Waals surface area contributed by atoms with Crippen molar-refractivity contribution in [2.45, 2.75) is 52.0 Å². The van der Waals surface area contributed by atoms with Crippen LogP contribution < -0.4 is 5.32 Å². The van der Waals surface area contributed by atoms with Gasteiger partial charge in [0, 0.05) is 24.8 Å². The van der Waals surface area contributed by atoms with Gasteiger partial charge in [-0.15, -0.1) is 0 Å². The minimum absolute atomic E-state index is 0.0183. The molecular formula is C17H26N2O. The van der Waals surface area contributed by atoms with Crippen LogP contribution in [0, 0.1) is 0 Å². The summed E-state index contributed by atoms with van der Waals surface area (Å²) in [5, 5.41) is 3.34. The molecule has 110 valence electrons. The fourth-order valence-electron chi connectivity index (χ4n) is 2.86. The molecule has 20 heavy (non-hydrogen) atoms. The molecule has 0 spiro atoms. The summed E-state index contributed by atoms with van der Waals surface area (Å²) in [6, 6.07) is 8.43. The predicted octanol–water partition coefficient (Wildman–Crippen LogP) is 3.62. The van der Waals surface area contributed by atoms with Gasteiger partial charge in [-0.25, -0.2) is 0 Å². The molecule has 0 aromatic heterocycles. The summed E-state index contributed by atoms with van der Waals surface area (Å²) < 4.78 is 0. The van der Waals surface area contributed by atoms with Crippen LogP contribution in [0.25, 0.3) is 0 Å². The molecule has 1 aliphatic rings. The van der Waals surface area contributed by atoms with Crippen LogP contribution >= 0.6 is 0 Å². The van der Waals surface area contributed by atoms with E-state index in [9.17, 15) is 4.79 Å². The first kappa shape index (κ1) is 14.9. The van der Waals surface area contributed by atoms with E-state index in [2.05, 4.69) is 38.2 Å². The van der Waals surface area contributed by atoms with E-state index in [4.69, 9.17) is 0 Å². The fourth-order valence-corrected chi connectivity index (χ4v) is 2.86. The lowest BCUT2D eigenvalue weighted by molar-refractivity contribution is -0.134. The van der Waals surface area contributed by atoms with Gasteiger partial charge in [0.05, 0.1) is 5.92 Å². The Morgan fingerprint density at radius 3 is 2.80 bits per heavy atom. The molecule has 0 fully saturated rings. The fraction of sp³-hybridized carbons (Fsp3) is 0.588. The highest BCUT2D eigenvalue weighted by atomic mass is 16.2. The van der Waals surface area contributed by atoms with Crippen LogP contribution in [0.3, 0.4) is 0 Å². The average Bonchev–Trinajstić information content (AvgIpc) is 2.86. The van der Waals surface area contributed by atoms with Crippen LogP contribution in [0.1, 0.15) is 51.5 Å². The van der Waals surface area contributed by atoms with Gasteiger partial charge in [0.2, 0.25) is 5.91 Å². The normalized spacial score (nSPS) is 16.9. The number of benzene rings is 1. The highest BCUT2D eigenvalue weighted by Gasteiger charge is 2.32. The second kappa shape index (κ2) is 6.78. The van der Waals surface area contributed by atoms with E-state index in [0.29, 0.717) is 0 Å². The topological polar surface area (TPSA) is 32.3 Å². The zero-order valence-electron chi connectivity index (χ0n) is 12.9. The van der Waals surface area contributed by atoms with Crippen molar-refractivity contribution in [3.05, 3.63) is 29.8 Å². The van der Waals surface area contributed by atoms with Crippen LogP contribution in [0.4, 0.5) is 5.69 Å². The van der Waals surface area contributed by atoms with Gasteiger partial charge < -0.3 is 10.2 Å². The Balaban J connectivity index is 2.09. The molecule has 2 rings (SSSR count). The summed E-state index contributed by atoms with van der Waals surface area (Å²) in [6.07, 6.45) is 3.48. The Hall–Kier alpha value is -1.51. The molecule has 1 aromatic carbocycles. The number of hydrogen-bond acceptors (Lipinski definition) is 2. The number of carbonyl (C=O) groups excluding carboxylic acids is 1. The van der Waals surface area contributed by atoms with E-state index in [-0.39, 0.29) is 17.9 Å². The van der Waals surface area contributed by atoms with Crippen molar-refractivity contribution in [3.8, 4) is 0 Å². The molecule has 3 heteroatoms. The molecule has 0 radical (unpaired) electrons. The number of anilines is 1. The summed E-state index contributed by atoms with van der Waals surface area (Å²) in [6.45, 7) is 8.02. The molecule has 1 amide bonds. The maximum atomic E-state index is 12.8. The van der Waals surface area contributed by atoms with Crippen LogP contribution in [-0.4, -0.2) is 29.9 Å². The van der Waals surface area contributed by atoms with Crippen molar-refractivity contribution in [1.29, 1.82) is 0 Å². The Morgan fingerprint density at radius 2 is 2.10 bits per heavy atom. The number of para-hydroxylation sites is 1. The molecule has 0 saturated carbocycles. The minimum atomic E-state index is -0.0183. The molecule has 1 aromatic rings. The van der Waals surface area contributed by atoms with Gasteiger partial charge in [-0.1, -0.05) is 38.0 Å². The van der Waals surface area contributed by atoms with Gasteiger partial charge in [0.15, 0.2) is 0 Å². The average molecular weight is 274 g/mol. The van der Waals surface area contributed by atoms with Crippen molar-refractivity contribution >= 4 is 11.6 Å². The largest absolute Gasteiger partial charge is 0.384 e. The molecular weight excluding hydrogens is 248 g/mol. The van der Waals surface area contributed by atoms with Gasteiger partial charge in [0.1, 0.15) is 0 Å². The van der Waals surface area contributed by atoms with Gasteiger partial charge in [-0.05, 0) is 31.9 Å². The zero-order valence-corrected chi connectivity index (χ0v) is 12.9. The quantitative estimate of drug-likeness (QED) is 0.804. The second-order valence-corrected chi connectivity index (χ2v) is 5.85. The van der Waals surface area contributed by atoms with Crippen molar-refractivity contribution in [3.63, 3.8) is 0 Å². The first-order chi connectivity index (χ1) is 9.65. The number of hydrogen-bond donors (Lipinski definition) is 1. The van der Waals surface area contributed by atoms with Crippen molar-refractivity contribution in [2.75, 3.05) is 18.4 Å². The number of unbranched alkanes of at least 4 members (excludes halogenated alkanes) is 2. The molecule has 0 aliphatic carbocycles. The Labute approximate surface area is 122 Å². The number of nitrogens with zero attached hydrogens (tertiary/aromatic N) is 1. The third-order valence-electron chi connectivity index (χ3n) is 4.04. The molecule has 1 N–H and O–H groups in total. The predicted molar refractivity (Wildman–Crippen MR) is 84.0 cm³/mol. The third kappa shape index (κ3) is 3.14. The monoisotopic (exact) mass is 274 g/mol. The van der Waals surface area contributed by atoms with Crippen LogP contribution in [0.2, 0.25) is 0 Å². The number of nitrogens with one attached hydrogen (secondary N) is 1. The smallest absolute Gasteiger partial charge is 0.232 e. The highest BCUT2D eigenvalue weighted by molar-refractivity contribution is 5.88. The SMILES string of the molecule is CCCCCN(C(=O)C1CNc2ccccc21)C(C)C. The second-order valence-electron chi connectivity index (χ2n) is 5.85. The molecule has 1 atom stereocenters. The van der Waals surface area contributed by atoms with E-state index in [1.54, 1.807) is 0 Å². The van der Waals surface area contributed by atoms with Crippen molar-refractivity contribution in [2.24, 2.45) is 0 Å². The Kier molecular flexibility index (Phi) is 5.05. The van der Waals surface area contributed by atoms with Crippen molar-refractivity contribution in [1.82, 2.24) is 4.90 Å². The number of carbonyl (C=O) groups is 1. The van der Waals surface area contributed by atoms with Crippen LogP contribution in [-0.2, 0) is 4.79 Å². The third-order valence-corrected chi connectivity index (χ3v) is 4.04. The summed E-state index contributed by atoms with van der Waals surface area (Å²) in [7, 11) is 0. The van der Waals surface area contributed by atoms with E-state index < -0.39 is 0 Å². The van der Waals surface area contributed by atoms with Gasteiger partial charge in [-0.2, -0.15) is 0 Å². The van der Waals surface area contributed by atoms with Crippen LogP contribution in [0.15, 0.2) is 24.3 Å². The van der Waals surface area contributed by atoms with E-state index in [0.717, 1.165) is 30.8 Å². The number of fused-ring (bicyclic) bond motifs is 1. The van der Waals surface area contributed by atoms with Gasteiger partial charge >= 0.3 is 0 Å². The number of amides is 1. The summed E-state index contributed by atoms with van der Waals surface area (Å²) in [5.41, 5.74) is 2.27. The Bertz CT molecular complexity index is 456. The molecule has 1 heterocycles. The minimum Gasteiger partial charge on any atom is -0.384 e. The van der Waals surface area contributed by atoms with Gasteiger partial charge in [-0.3, -0.25) is 4.79 Å².